The molecule has 0 amide bonds. The van der Waals surface area contributed by atoms with E-state index in [-0.39, 0.29) is 11.8 Å². The van der Waals surface area contributed by atoms with Gasteiger partial charge in [0, 0.05) is 6.92 Å². The number of imidazole rings is 1. The van der Waals surface area contributed by atoms with Crippen LogP contribution in [0, 0.1) is 6.92 Å². The number of aromatic nitrogens is 2. The quantitative estimate of drug-likeness (QED) is 0.596. The highest BCUT2D eigenvalue weighted by molar-refractivity contribution is 6.18. The lowest BCUT2D eigenvalue weighted by atomic mass is 10.2. The van der Waals surface area contributed by atoms with E-state index in [0.717, 1.165) is 17.1 Å². The average Bonchev–Trinajstić information content (AvgIpc) is 2.83. The second-order valence-electron chi connectivity index (χ2n) is 5.34. The number of hydrogen-bond acceptors (Lipinski definition) is 2. The molecule has 2 atom stereocenters. The lowest BCUT2D eigenvalue weighted by Crippen LogP contribution is -2.41. The predicted molar refractivity (Wildman–Crippen MR) is 88.3 cm³/mol. The van der Waals surface area contributed by atoms with Crippen molar-refractivity contribution in [1.29, 1.82) is 0 Å². The molecule has 0 aliphatic heterocycles. The fraction of sp³-hybridized carbons (Fsp3) is 0.438. The molecule has 22 heavy (non-hydrogen) atoms. The summed E-state index contributed by atoms with van der Waals surface area (Å²) in [5, 5.41) is 19.8. The van der Waals surface area contributed by atoms with E-state index in [1.807, 2.05) is 52.6 Å². The summed E-state index contributed by atoms with van der Waals surface area (Å²) in [6, 6.07) is 9.88. The van der Waals surface area contributed by atoms with Crippen molar-refractivity contribution >= 4 is 23.2 Å². The molecule has 0 bridgehead atoms. The summed E-state index contributed by atoms with van der Waals surface area (Å²) in [6.45, 7) is 2.78. The topological polar surface area (TPSA) is 49.3 Å². The fourth-order valence-electron chi connectivity index (χ4n) is 2.49. The number of aliphatic hydroxyl groups excluding tert-OH is 2. The SMILES string of the molecule is Cc1c[n+](CC(O)CCl)c(-c2ccccc2)n1CC(O)CCl. The zero-order valence-electron chi connectivity index (χ0n) is 12.5. The van der Waals surface area contributed by atoms with Crippen LogP contribution in [0.3, 0.4) is 0 Å². The summed E-state index contributed by atoms with van der Waals surface area (Å²) in [7, 11) is 0. The molecule has 0 saturated heterocycles. The Hall–Kier alpha value is -1.07. The Bertz CT molecular complexity index is 602. The Morgan fingerprint density at radius 1 is 1.09 bits per heavy atom. The van der Waals surface area contributed by atoms with Crippen LogP contribution in [0.5, 0.6) is 0 Å². The third-order valence-electron chi connectivity index (χ3n) is 3.49. The molecule has 6 heteroatoms. The van der Waals surface area contributed by atoms with Crippen molar-refractivity contribution in [2.45, 2.75) is 32.2 Å². The highest BCUT2D eigenvalue weighted by atomic mass is 35.5. The van der Waals surface area contributed by atoms with Gasteiger partial charge in [-0.15, -0.1) is 23.2 Å². The van der Waals surface area contributed by atoms with E-state index >= 15 is 0 Å². The third-order valence-corrected chi connectivity index (χ3v) is 4.20. The number of aryl methyl sites for hydroxylation is 1. The van der Waals surface area contributed by atoms with Crippen LogP contribution >= 0.6 is 23.2 Å². The highest BCUT2D eigenvalue weighted by Gasteiger charge is 2.25. The molecule has 4 nitrogen and oxygen atoms in total. The maximum atomic E-state index is 9.91. The summed E-state index contributed by atoms with van der Waals surface area (Å²) in [5.74, 6) is 1.28. The second-order valence-corrected chi connectivity index (χ2v) is 5.96. The van der Waals surface area contributed by atoms with Crippen molar-refractivity contribution < 1.29 is 14.8 Å². The van der Waals surface area contributed by atoms with E-state index < -0.39 is 12.2 Å². The highest BCUT2D eigenvalue weighted by Crippen LogP contribution is 2.19. The standard InChI is InChI=1S/C16H21Cl2N2O2/c1-12-9-19(10-14(21)7-17)16(13-5-3-2-4-6-13)20(12)11-15(22)8-18/h2-6,9,14-15,21-22H,7-8,10-11H2,1H3/q+1. The molecule has 0 aliphatic rings. The average molecular weight is 344 g/mol. The van der Waals surface area contributed by atoms with Crippen LogP contribution in [0.25, 0.3) is 11.4 Å². The second kappa shape index (κ2) is 7.97. The molecule has 2 N–H and O–H groups in total. The zero-order chi connectivity index (χ0) is 16.1. The molecule has 1 aromatic carbocycles. The van der Waals surface area contributed by atoms with E-state index in [0.29, 0.717) is 13.1 Å². The molecule has 1 aromatic heterocycles. The van der Waals surface area contributed by atoms with Crippen LogP contribution < -0.4 is 4.57 Å². The summed E-state index contributed by atoms with van der Waals surface area (Å²) in [4.78, 5) is 0. The molecule has 0 fully saturated rings. The minimum atomic E-state index is -0.623. The number of rotatable bonds is 7. The molecule has 2 unspecified atom stereocenters. The van der Waals surface area contributed by atoms with Crippen LogP contribution in [0.15, 0.2) is 36.5 Å². The summed E-state index contributed by atoms with van der Waals surface area (Å²) >= 11 is 11.5. The van der Waals surface area contributed by atoms with Gasteiger partial charge in [-0.05, 0) is 12.1 Å². The van der Waals surface area contributed by atoms with Gasteiger partial charge in [0.1, 0.15) is 37.2 Å². The predicted octanol–water partition coefficient (Wildman–Crippen LogP) is 1.95. The Labute approximate surface area is 140 Å². The lowest BCUT2D eigenvalue weighted by molar-refractivity contribution is -0.691. The van der Waals surface area contributed by atoms with Crippen molar-refractivity contribution in [3.05, 3.63) is 42.2 Å². The first-order valence-electron chi connectivity index (χ1n) is 7.19. The van der Waals surface area contributed by atoms with Crippen molar-refractivity contribution in [2.75, 3.05) is 11.8 Å². The van der Waals surface area contributed by atoms with E-state index in [4.69, 9.17) is 23.2 Å². The number of aliphatic hydroxyl groups is 2. The van der Waals surface area contributed by atoms with Crippen LogP contribution in [-0.2, 0) is 13.1 Å². The van der Waals surface area contributed by atoms with E-state index in [9.17, 15) is 10.2 Å². The van der Waals surface area contributed by atoms with E-state index in [1.54, 1.807) is 0 Å². The summed E-state index contributed by atoms with van der Waals surface area (Å²) in [5.41, 5.74) is 2.00. The normalized spacial score (nSPS) is 14.0. The van der Waals surface area contributed by atoms with Gasteiger partial charge >= 0.3 is 0 Å². The van der Waals surface area contributed by atoms with Crippen molar-refractivity contribution in [2.24, 2.45) is 0 Å². The Morgan fingerprint density at radius 3 is 2.32 bits per heavy atom. The van der Waals surface area contributed by atoms with E-state index in [2.05, 4.69) is 0 Å². The van der Waals surface area contributed by atoms with Crippen LogP contribution in [0.1, 0.15) is 5.69 Å². The van der Waals surface area contributed by atoms with Gasteiger partial charge in [-0.25, -0.2) is 9.13 Å². The third kappa shape index (κ3) is 4.02. The van der Waals surface area contributed by atoms with E-state index in [1.165, 1.54) is 0 Å². The smallest absolute Gasteiger partial charge is 0.289 e. The van der Waals surface area contributed by atoms with Gasteiger partial charge in [-0.1, -0.05) is 18.2 Å². The number of hydrogen-bond donors (Lipinski definition) is 2. The number of halogens is 2. The number of alkyl halides is 2. The minimum Gasteiger partial charge on any atom is -0.388 e. The van der Waals surface area contributed by atoms with Gasteiger partial charge in [-0.3, -0.25) is 0 Å². The number of nitrogens with zero attached hydrogens (tertiary/aromatic N) is 2. The molecule has 1 heterocycles. The molecule has 0 saturated carbocycles. The molecule has 0 radical (unpaired) electrons. The largest absolute Gasteiger partial charge is 0.388 e. The van der Waals surface area contributed by atoms with Gasteiger partial charge < -0.3 is 10.2 Å². The van der Waals surface area contributed by atoms with Gasteiger partial charge in [-0.2, -0.15) is 0 Å². The first-order chi connectivity index (χ1) is 10.6. The molecule has 0 aliphatic carbocycles. The van der Waals surface area contributed by atoms with Crippen molar-refractivity contribution in [3.8, 4) is 11.4 Å². The monoisotopic (exact) mass is 343 g/mol. The Balaban J connectivity index is 2.48. The summed E-state index contributed by atoms with van der Waals surface area (Å²) < 4.78 is 3.99. The van der Waals surface area contributed by atoms with Gasteiger partial charge in [0.15, 0.2) is 0 Å². The van der Waals surface area contributed by atoms with Crippen molar-refractivity contribution in [3.63, 3.8) is 0 Å². The van der Waals surface area contributed by atoms with Crippen LogP contribution in [0.4, 0.5) is 0 Å². The van der Waals surface area contributed by atoms with Crippen molar-refractivity contribution in [1.82, 2.24) is 4.57 Å². The first-order valence-corrected chi connectivity index (χ1v) is 8.26. The van der Waals surface area contributed by atoms with Gasteiger partial charge in [0.25, 0.3) is 5.82 Å². The number of benzene rings is 1. The maximum absolute atomic E-state index is 9.91. The van der Waals surface area contributed by atoms with Gasteiger partial charge in [0.2, 0.25) is 0 Å². The zero-order valence-corrected chi connectivity index (χ0v) is 14.0. The molecule has 0 spiro atoms. The Morgan fingerprint density at radius 2 is 1.73 bits per heavy atom. The van der Waals surface area contributed by atoms with Crippen LogP contribution in [0.2, 0.25) is 0 Å². The Kier molecular flexibility index (Phi) is 6.26. The molecular formula is C16H21Cl2N2O2+. The first kappa shape index (κ1) is 17.3. The molecule has 120 valence electrons. The minimum absolute atomic E-state index is 0.176. The maximum Gasteiger partial charge on any atom is 0.289 e. The molecular weight excluding hydrogens is 323 g/mol. The fourth-order valence-corrected chi connectivity index (χ4v) is 2.69. The lowest BCUT2D eigenvalue weighted by Gasteiger charge is -2.10. The summed E-state index contributed by atoms with van der Waals surface area (Å²) in [6.07, 6.45) is 0.711. The molecule has 2 aromatic rings. The van der Waals surface area contributed by atoms with Gasteiger partial charge in [0.05, 0.1) is 17.3 Å². The molecule has 2 rings (SSSR count). The van der Waals surface area contributed by atoms with Crippen LogP contribution in [-0.4, -0.2) is 38.7 Å².